The second kappa shape index (κ2) is 7.51. The van der Waals surface area contributed by atoms with E-state index in [2.05, 4.69) is 28.1 Å². The summed E-state index contributed by atoms with van der Waals surface area (Å²) in [5, 5.41) is 8.58. The molecule has 2 aliphatic rings. The molecule has 0 saturated heterocycles. The Kier molecular flexibility index (Phi) is 4.99. The van der Waals surface area contributed by atoms with Gasteiger partial charge in [0.2, 0.25) is 6.23 Å². The average molecular weight is 509 g/mol. The number of hydrogen-bond acceptors (Lipinski definition) is 3. The van der Waals surface area contributed by atoms with Crippen molar-refractivity contribution in [1.29, 1.82) is 0 Å². The Balaban J connectivity index is 1.65. The van der Waals surface area contributed by atoms with Gasteiger partial charge in [0.1, 0.15) is 5.75 Å². The fraction of sp³-hybridized carbons (Fsp3) is 0.136. The molecule has 2 heterocycles. The zero-order chi connectivity index (χ0) is 20.1. The van der Waals surface area contributed by atoms with Gasteiger partial charge in [0, 0.05) is 32.1 Å². The third-order valence-corrected chi connectivity index (χ3v) is 6.53. The molecule has 3 nitrogen and oxygen atoms in total. The summed E-state index contributed by atoms with van der Waals surface area (Å²) in [6.45, 7) is 0. The molecule has 0 bridgehead atoms. The van der Waals surface area contributed by atoms with Crippen LogP contribution in [-0.4, -0.2) is 10.7 Å². The summed E-state index contributed by atoms with van der Waals surface area (Å²) in [7, 11) is 0. The van der Waals surface area contributed by atoms with Crippen LogP contribution in [0, 0.1) is 0 Å². The van der Waals surface area contributed by atoms with E-state index >= 15 is 0 Å². The molecule has 0 saturated carbocycles. The Bertz CT molecular complexity index is 1130. The van der Waals surface area contributed by atoms with Crippen molar-refractivity contribution in [2.75, 3.05) is 0 Å². The molecular formula is C22H14BrCl3N2O. The molecule has 0 aromatic heterocycles. The zero-order valence-electron chi connectivity index (χ0n) is 14.9. The molecule has 7 heteroatoms. The van der Waals surface area contributed by atoms with Crippen molar-refractivity contribution in [2.45, 2.75) is 18.7 Å². The van der Waals surface area contributed by atoms with Gasteiger partial charge in [-0.1, -0.05) is 81.1 Å². The van der Waals surface area contributed by atoms with Crippen LogP contribution in [0.4, 0.5) is 0 Å². The van der Waals surface area contributed by atoms with Gasteiger partial charge in [-0.25, -0.2) is 5.01 Å². The topological polar surface area (TPSA) is 24.8 Å². The lowest BCUT2D eigenvalue weighted by molar-refractivity contribution is -0.0188. The van der Waals surface area contributed by atoms with Crippen molar-refractivity contribution in [3.8, 4) is 5.75 Å². The summed E-state index contributed by atoms with van der Waals surface area (Å²) >= 11 is 22.8. The van der Waals surface area contributed by atoms with Crippen LogP contribution in [0.2, 0.25) is 15.1 Å². The van der Waals surface area contributed by atoms with Crippen molar-refractivity contribution >= 4 is 56.4 Å². The Morgan fingerprint density at radius 2 is 1.69 bits per heavy atom. The number of halogens is 4. The van der Waals surface area contributed by atoms with Crippen molar-refractivity contribution in [2.24, 2.45) is 5.10 Å². The first-order valence-corrected chi connectivity index (χ1v) is 11.0. The first kappa shape index (κ1) is 19.3. The number of hydrogen-bond donors (Lipinski definition) is 0. The fourth-order valence-electron chi connectivity index (χ4n) is 3.81. The maximum absolute atomic E-state index is 6.50. The van der Waals surface area contributed by atoms with Gasteiger partial charge >= 0.3 is 0 Å². The lowest BCUT2D eigenvalue weighted by atomic mass is 9.96. The number of ether oxygens (including phenoxy) is 1. The predicted molar refractivity (Wildman–Crippen MR) is 121 cm³/mol. The normalized spacial score (nSPS) is 20.0. The minimum atomic E-state index is -0.479. The van der Waals surface area contributed by atoms with Crippen LogP contribution in [-0.2, 0) is 0 Å². The van der Waals surface area contributed by atoms with Crippen molar-refractivity contribution in [3.63, 3.8) is 0 Å². The molecule has 0 fully saturated rings. The Morgan fingerprint density at radius 3 is 2.45 bits per heavy atom. The van der Waals surface area contributed by atoms with E-state index in [-0.39, 0.29) is 6.04 Å². The molecule has 0 aliphatic carbocycles. The first-order valence-electron chi connectivity index (χ1n) is 9.03. The SMILES string of the molecule is Clc1cc(Cl)c2c(c1)C1CC(c3ccc(Br)cc3)=NN1C(c1ccccc1Cl)O2. The Labute approximate surface area is 192 Å². The summed E-state index contributed by atoms with van der Waals surface area (Å²) in [5.41, 5.74) is 3.82. The van der Waals surface area contributed by atoms with Gasteiger partial charge in [0.15, 0.2) is 0 Å². The van der Waals surface area contributed by atoms with Crippen LogP contribution in [0.3, 0.4) is 0 Å². The number of fused-ring (bicyclic) bond motifs is 3. The number of benzene rings is 3. The third kappa shape index (κ3) is 3.42. The zero-order valence-corrected chi connectivity index (χ0v) is 18.8. The molecule has 3 aromatic rings. The van der Waals surface area contributed by atoms with Crippen molar-refractivity contribution in [1.82, 2.24) is 5.01 Å². The maximum Gasteiger partial charge on any atom is 0.215 e. The van der Waals surface area contributed by atoms with Gasteiger partial charge in [-0.2, -0.15) is 5.10 Å². The summed E-state index contributed by atoms with van der Waals surface area (Å²) in [5.74, 6) is 0.634. The van der Waals surface area contributed by atoms with Gasteiger partial charge in [0.05, 0.1) is 16.8 Å². The second-order valence-corrected chi connectivity index (χ2v) is 9.12. The van der Waals surface area contributed by atoms with Crippen molar-refractivity contribution in [3.05, 3.63) is 96.9 Å². The molecule has 5 rings (SSSR count). The molecule has 0 radical (unpaired) electrons. The van der Waals surface area contributed by atoms with E-state index in [0.29, 0.717) is 20.8 Å². The largest absolute Gasteiger partial charge is 0.463 e. The smallest absolute Gasteiger partial charge is 0.215 e. The molecule has 0 spiro atoms. The van der Waals surface area contributed by atoms with Gasteiger partial charge in [-0.15, -0.1) is 0 Å². The van der Waals surface area contributed by atoms with Crippen LogP contribution in [0.25, 0.3) is 0 Å². The minimum absolute atomic E-state index is 0.0464. The molecule has 2 aliphatic heterocycles. The van der Waals surface area contributed by atoms with Crippen LogP contribution in [0.5, 0.6) is 5.75 Å². The summed E-state index contributed by atoms with van der Waals surface area (Å²) in [6.07, 6.45) is 0.239. The van der Waals surface area contributed by atoms with E-state index < -0.39 is 6.23 Å². The lowest BCUT2D eigenvalue weighted by Gasteiger charge is -2.38. The fourth-order valence-corrected chi connectivity index (χ4v) is 4.86. The molecule has 2 atom stereocenters. The predicted octanol–water partition coefficient (Wildman–Crippen LogP) is 7.65. The minimum Gasteiger partial charge on any atom is -0.463 e. The second-order valence-electron chi connectivity index (χ2n) is 6.95. The van der Waals surface area contributed by atoms with Gasteiger partial charge in [-0.05, 0) is 35.9 Å². The molecule has 29 heavy (non-hydrogen) atoms. The summed E-state index contributed by atoms with van der Waals surface area (Å²) < 4.78 is 7.36. The highest BCUT2D eigenvalue weighted by atomic mass is 79.9. The first-order chi connectivity index (χ1) is 14.0. The highest BCUT2D eigenvalue weighted by Crippen LogP contribution is 2.51. The molecule has 3 aromatic carbocycles. The van der Waals surface area contributed by atoms with Crippen LogP contribution in [0.15, 0.2) is 70.2 Å². The summed E-state index contributed by atoms with van der Waals surface area (Å²) in [4.78, 5) is 0. The van der Waals surface area contributed by atoms with Gasteiger partial charge in [0.25, 0.3) is 0 Å². The molecule has 2 unspecified atom stereocenters. The average Bonchev–Trinajstić information content (AvgIpc) is 3.14. The van der Waals surface area contributed by atoms with E-state index in [1.54, 1.807) is 6.07 Å². The number of hydrazone groups is 1. The standard InChI is InChI=1S/C22H14BrCl3N2O/c23-13-7-5-12(6-8-13)19-11-20-16-9-14(24)10-18(26)21(16)29-22(28(20)27-19)15-3-1-2-4-17(15)25/h1-10,20,22H,11H2. The van der Waals surface area contributed by atoms with Crippen LogP contribution >= 0.6 is 50.7 Å². The highest BCUT2D eigenvalue weighted by molar-refractivity contribution is 9.10. The lowest BCUT2D eigenvalue weighted by Crippen LogP contribution is -2.34. The van der Waals surface area contributed by atoms with E-state index in [9.17, 15) is 0 Å². The van der Waals surface area contributed by atoms with E-state index in [1.807, 2.05) is 47.5 Å². The van der Waals surface area contributed by atoms with E-state index in [0.717, 1.165) is 33.3 Å². The van der Waals surface area contributed by atoms with Gasteiger partial charge in [-0.3, -0.25) is 0 Å². The monoisotopic (exact) mass is 506 g/mol. The van der Waals surface area contributed by atoms with E-state index in [1.165, 1.54) is 0 Å². The third-order valence-electron chi connectivity index (χ3n) is 5.16. The van der Waals surface area contributed by atoms with Gasteiger partial charge < -0.3 is 4.74 Å². The molecule has 0 amide bonds. The maximum atomic E-state index is 6.50. The number of rotatable bonds is 2. The highest BCUT2D eigenvalue weighted by Gasteiger charge is 2.42. The Hall–Kier alpha value is -1.72. The Morgan fingerprint density at radius 1 is 0.931 bits per heavy atom. The van der Waals surface area contributed by atoms with E-state index in [4.69, 9.17) is 44.6 Å². The quantitative estimate of drug-likeness (QED) is 0.355. The molecule has 146 valence electrons. The molecule has 0 N–H and O–H groups in total. The van der Waals surface area contributed by atoms with Crippen LogP contribution in [0.1, 0.15) is 35.4 Å². The van der Waals surface area contributed by atoms with Crippen LogP contribution < -0.4 is 4.74 Å². The van der Waals surface area contributed by atoms with Crippen molar-refractivity contribution < 1.29 is 4.74 Å². The summed E-state index contributed by atoms with van der Waals surface area (Å²) in [6, 6.07) is 19.3. The number of nitrogens with zero attached hydrogens (tertiary/aromatic N) is 2. The molecular weight excluding hydrogens is 495 g/mol.